The van der Waals surface area contributed by atoms with Gasteiger partial charge in [-0.25, -0.2) is 4.99 Å². The summed E-state index contributed by atoms with van der Waals surface area (Å²) in [6, 6.07) is 10.8. The van der Waals surface area contributed by atoms with Crippen molar-refractivity contribution in [3.8, 4) is 5.75 Å². The minimum Gasteiger partial charge on any atom is -0.489 e. The van der Waals surface area contributed by atoms with E-state index in [-0.39, 0.29) is 6.10 Å². The summed E-state index contributed by atoms with van der Waals surface area (Å²) >= 11 is 0. The Morgan fingerprint density at radius 1 is 1.19 bits per heavy atom. The zero-order valence-corrected chi connectivity index (χ0v) is 16.4. The average Bonchev–Trinajstić information content (AvgIpc) is 3.36. The van der Waals surface area contributed by atoms with E-state index in [0.717, 1.165) is 37.8 Å². The topological polar surface area (TPSA) is 40.1 Å². The second-order valence-electron chi connectivity index (χ2n) is 7.29. The summed E-state index contributed by atoms with van der Waals surface area (Å²) in [7, 11) is 0. The minimum atomic E-state index is 0.114. The maximum atomic E-state index is 6.10. The fraction of sp³-hybridized carbons (Fsp3) is 0.667. The van der Waals surface area contributed by atoms with Crippen LogP contribution in [-0.4, -0.2) is 67.2 Å². The Bertz CT molecular complexity index is 556. The number of hydrogen-bond acceptors (Lipinski definition) is 3. The van der Waals surface area contributed by atoms with Gasteiger partial charge in [-0.05, 0) is 57.8 Å². The van der Waals surface area contributed by atoms with E-state index in [1.807, 2.05) is 30.3 Å². The molecule has 0 aliphatic carbocycles. The number of nitrogens with one attached hydrogen (secondary N) is 1. The van der Waals surface area contributed by atoms with Gasteiger partial charge in [0.1, 0.15) is 11.9 Å². The Balaban J connectivity index is 1.57. The lowest BCUT2D eigenvalue weighted by molar-refractivity contribution is 0.205. The third-order valence-corrected chi connectivity index (χ3v) is 5.40. The fourth-order valence-electron chi connectivity index (χ4n) is 3.89. The first-order valence-corrected chi connectivity index (χ1v) is 10.3. The number of guanidine groups is 1. The summed E-state index contributed by atoms with van der Waals surface area (Å²) in [6.07, 6.45) is 5.04. The average molecular weight is 359 g/mol. The number of nitrogens with zero attached hydrogens (tertiary/aromatic N) is 3. The minimum absolute atomic E-state index is 0.114. The number of ether oxygens (including phenoxy) is 1. The molecule has 1 aromatic carbocycles. The van der Waals surface area contributed by atoms with Gasteiger partial charge in [-0.3, -0.25) is 4.90 Å². The highest BCUT2D eigenvalue weighted by Crippen LogP contribution is 2.20. The largest absolute Gasteiger partial charge is 0.489 e. The van der Waals surface area contributed by atoms with Gasteiger partial charge in [0, 0.05) is 25.7 Å². The summed E-state index contributed by atoms with van der Waals surface area (Å²) < 4.78 is 6.10. The van der Waals surface area contributed by atoms with Gasteiger partial charge in [0.05, 0.1) is 6.54 Å². The van der Waals surface area contributed by atoms with Gasteiger partial charge in [0.25, 0.3) is 0 Å². The SMILES string of the molecule is CCNC(=NCC(CC)Oc1ccccc1)N1CCC(N2CCCC2)C1. The van der Waals surface area contributed by atoms with Gasteiger partial charge in [-0.15, -0.1) is 0 Å². The highest BCUT2D eigenvalue weighted by atomic mass is 16.5. The number of hydrogen-bond donors (Lipinski definition) is 1. The van der Waals surface area contributed by atoms with E-state index in [9.17, 15) is 0 Å². The predicted molar refractivity (Wildman–Crippen MR) is 108 cm³/mol. The number of benzene rings is 1. The van der Waals surface area contributed by atoms with Crippen molar-refractivity contribution in [3.63, 3.8) is 0 Å². The van der Waals surface area contributed by atoms with Gasteiger partial charge in [0.15, 0.2) is 5.96 Å². The summed E-state index contributed by atoms with van der Waals surface area (Å²) in [6.45, 7) is 10.6. The molecule has 1 N–H and O–H groups in total. The number of aliphatic imine (C=N–C) groups is 1. The van der Waals surface area contributed by atoms with Gasteiger partial charge >= 0.3 is 0 Å². The lowest BCUT2D eigenvalue weighted by Gasteiger charge is -2.26. The second kappa shape index (κ2) is 9.81. The first-order chi connectivity index (χ1) is 12.8. The summed E-state index contributed by atoms with van der Waals surface area (Å²) in [5.41, 5.74) is 0. The number of rotatable bonds is 7. The summed E-state index contributed by atoms with van der Waals surface area (Å²) in [5, 5.41) is 3.48. The zero-order valence-electron chi connectivity index (χ0n) is 16.4. The first kappa shape index (κ1) is 19.0. The molecule has 2 heterocycles. The normalized spacial score (nSPS) is 22.6. The molecule has 144 valence electrons. The molecule has 0 amide bonds. The van der Waals surface area contributed by atoms with Crippen LogP contribution in [0.3, 0.4) is 0 Å². The predicted octanol–water partition coefficient (Wildman–Crippen LogP) is 2.98. The van der Waals surface area contributed by atoms with Crippen LogP contribution in [0.25, 0.3) is 0 Å². The smallest absolute Gasteiger partial charge is 0.194 e. The molecule has 0 spiro atoms. The van der Waals surface area contributed by atoms with Crippen molar-refractivity contribution in [1.29, 1.82) is 0 Å². The second-order valence-corrected chi connectivity index (χ2v) is 7.29. The van der Waals surface area contributed by atoms with Crippen LogP contribution in [-0.2, 0) is 0 Å². The van der Waals surface area contributed by atoms with Crippen LogP contribution in [0, 0.1) is 0 Å². The molecular formula is C21H34N4O. The third-order valence-electron chi connectivity index (χ3n) is 5.40. The molecule has 5 nitrogen and oxygen atoms in total. The van der Waals surface area contributed by atoms with E-state index < -0.39 is 0 Å². The van der Waals surface area contributed by atoms with Crippen LogP contribution >= 0.6 is 0 Å². The molecular weight excluding hydrogens is 324 g/mol. The lowest BCUT2D eigenvalue weighted by Crippen LogP contribution is -2.43. The Hall–Kier alpha value is -1.75. The molecule has 2 saturated heterocycles. The van der Waals surface area contributed by atoms with Crippen molar-refractivity contribution in [2.45, 2.75) is 51.7 Å². The lowest BCUT2D eigenvalue weighted by atomic mass is 10.2. The van der Waals surface area contributed by atoms with Crippen molar-refractivity contribution in [2.24, 2.45) is 4.99 Å². The van der Waals surface area contributed by atoms with E-state index in [0.29, 0.717) is 12.6 Å². The molecule has 2 aliphatic heterocycles. The van der Waals surface area contributed by atoms with Crippen molar-refractivity contribution < 1.29 is 4.74 Å². The fourth-order valence-corrected chi connectivity index (χ4v) is 3.89. The Morgan fingerprint density at radius 2 is 1.96 bits per heavy atom. The van der Waals surface area contributed by atoms with Gasteiger partial charge in [0.2, 0.25) is 0 Å². The van der Waals surface area contributed by atoms with Crippen molar-refractivity contribution in [1.82, 2.24) is 15.1 Å². The van der Waals surface area contributed by atoms with Crippen molar-refractivity contribution >= 4 is 5.96 Å². The van der Waals surface area contributed by atoms with Crippen LogP contribution in [0.5, 0.6) is 5.75 Å². The monoisotopic (exact) mass is 358 g/mol. The number of para-hydroxylation sites is 1. The van der Waals surface area contributed by atoms with E-state index in [2.05, 4.69) is 29.0 Å². The van der Waals surface area contributed by atoms with Gasteiger partial charge in [-0.2, -0.15) is 0 Å². The van der Waals surface area contributed by atoms with Crippen LogP contribution in [0.1, 0.15) is 39.5 Å². The van der Waals surface area contributed by atoms with E-state index in [1.54, 1.807) is 0 Å². The summed E-state index contributed by atoms with van der Waals surface area (Å²) in [5.74, 6) is 1.97. The first-order valence-electron chi connectivity index (χ1n) is 10.3. The van der Waals surface area contributed by atoms with Crippen molar-refractivity contribution in [2.75, 3.05) is 39.3 Å². The van der Waals surface area contributed by atoms with Crippen LogP contribution < -0.4 is 10.1 Å². The molecule has 0 radical (unpaired) electrons. The molecule has 0 aromatic heterocycles. The molecule has 0 bridgehead atoms. The molecule has 3 rings (SSSR count). The molecule has 2 fully saturated rings. The highest BCUT2D eigenvalue weighted by Gasteiger charge is 2.30. The third kappa shape index (κ3) is 5.13. The molecule has 2 aliphatic rings. The molecule has 1 aromatic rings. The molecule has 5 heteroatoms. The maximum Gasteiger partial charge on any atom is 0.194 e. The molecule has 2 atom stereocenters. The quantitative estimate of drug-likeness (QED) is 0.601. The van der Waals surface area contributed by atoms with E-state index >= 15 is 0 Å². The highest BCUT2D eigenvalue weighted by molar-refractivity contribution is 5.80. The Kier molecular flexibility index (Phi) is 7.18. The van der Waals surface area contributed by atoms with E-state index in [4.69, 9.17) is 9.73 Å². The Labute approximate surface area is 158 Å². The zero-order chi connectivity index (χ0) is 18.2. The number of likely N-dealkylation sites (tertiary alicyclic amines) is 2. The van der Waals surface area contributed by atoms with Crippen molar-refractivity contribution in [3.05, 3.63) is 30.3 Å². The van der Waals surface area contributed by atoms with Crippen LogP contribution in [0.2, 0.25) is 0 Å². The Morgan fingerprint density at radius 3 is 2.65 bits per heavy atom. The molecule has 26 heavy (non-hydrogen) atoms. The van der Waals surface area contributed by atoms with Gasteiger partial charge < -0.3 is 15.0 Å². The molecule has 2 unspecified atom stereocenters. The maximum absolute atomic E-state index is 6.10. The van der Waals surface area contributed by atoms with Crippen LogP contribution in [0.15, 0.2) is 35.3 Å². The summed E-state index contributed by atoms with van der Waals surface area (Å²) in [4.78, 5) is 10.0. The van der Waals surface area contributed by atoms with Crippen LogP contribution in [0.4, 0.5) is 0 Å². The molecule has 0 saturated carbocycles. The van der Waals surface area contributed by atoms with Gasteiger partial charge in [-0.1, -0.05) is 25.1 Å². The van der Waals surface area contributed by atoms with E-state index in [1.165, 1.54) is 32.4 Å². The standard InChI is InChI=1S/C21H34N4O/c1-3-19(26-20-10-6-5-7-11-20)16-23-21(22-4-2)25-15-12-18(17-25)24-13-8-9-14-24/h5-7,10-11,18-19H,3-4,8-9,12-17H2,1-2H3,(H,22,23).